The number of nitrogens with zero attached hydrogens (tertiary/aromatic N) is 3. The molecule has 2 amide bonds. The van der Waals surface area contributed by atoms with Crippen molar-refractivity contribution in [3.05, 3.63) is 35.6 Å². The van der Waals surface area contributed by atoms with Crippen molar-refractivity contribution in [2.45, 2.75) is 39.2 Å². The van der Waals surface area contributed by atoms with Gasteiger partial charge in [0.2, 0.25) is 11.8 Å². The number of benzene rings is 1. The minimum Gasteiger partial charge on any atom is -0.341 e. The maximum absolute atomic E-state index is 13.3. The topological polar surface area (TPSA) is 43.9 Å². The largest absolute Gasteiger partial charge is 0.341 e. The van der Waals surface area contributed by atoms with Crippen LogP contribution in [0, 0.1) is 11.7 Å². The van der Waals surface area contributed by atoms with Crippen LogP contribution in [-0.4, -0.2) is 71.8 Å². The van der Waals surface area contributed by atoms with Crippen LogP contribution in [0.1, 0.15) is 32.3 Å². The van der Waals surface area contributed by atoms with E-state index in [9.17, 15) is 14.0 Å². The molecule has 0 N–H and O–H groups in total. The summed E-state index contributed by atoms with van der Waals surface area (Å²) in [5.74, 6) is 0.558. The molecule has 0 spiro atoms. The summed E-state index contributed by atoms with van der Waals surface area (Å²) in [6.07, 6.45) is 2.15. The number of hydrogen-bond acceptors (Lipinski definition) is 3. The lowest BCUT2D eigenvalue weighted by molar-refractivity contribution is -0.135. The van der Waals surface area contributed by atoms with Crippen LogP contribution >= 0.6 is 0 Å². The lowest BCUT2D eigenvalue weighted by atomic mass is 10.1. The molecule has 2 fully saturated rings. The average Bonchev–Trinajstić information content (AvgIpc) is 3.00. The van der Waals surface area contributed by atoms with Gasteiger partial charge in [-0.05, 0) is 36.5 Å². The SMILES string of the molecule is CC(C)CCN1CCC(N2CCN(C(=O)Cc3cccc(F)c3)CC2)C1=O. The van der Waals surface area contributed by atoms with E-state index >= 15 is 0 Å². The number of amides is 2. The first-order valence-corrected chi connectivity index (χ1v) is 9.99. The molecule has 0 radical (unpaired) electrons. The van der Waals surface area contributed by atoms with Gasteiger partial charge in [0.25, 0.3) is 0 Å². The molecule has 0 saturated carbocycles. The second-order valence-electron chi connectivity index (χ2n) is 8.04. The molecule has 0 aromatic heterocycles. The van der Waals surface area contributed by atoms with Gasteiger partial charge in [-0.25, -0.2) is 4.39 Å². The van der Waals surface area contributed by atoms with Crippen LogP contribution in [0.15, 0.2) is 24.3 Å². The molecule has 2 heterocycles. The first kappa shape index (κ1) is 19.8. The Morgan fingerprint density at radius 2 is 1.93 bits per heavy atom. The third-order valence-corrected chi connectivity index (χ3v) is 5.60. The van der Waals surface area contributed by atoms with Crippen molar-refractivity contribution < 1.29 is 14.0 Å². The standard InChI is InChI=1S/C21H30FN3O2/c1-16(2)6-8-25-9-7-19(21(25)27)23-10-12-24(13-11-23)20(26)15-17-4-3-5-18(22)14-17/h3-5,14,16,19H,6-13,15H2,1-2H3. The lowest BCUT2D eigenvalue weighted by Gasteiger charge is -2.37. The predicted octanol–water partition coefficient (Wildman–Crippen LogP) is 2.16. The van der Waals surface area contributed by atoms with Crippen LogP contribution in [0.4, 0.5) is 4.39 Å². The van der Waals surface area contributed by atoms with Crippen molar-refractivity contribution in [2.75, 3.05) is 39.3 Å². The second-order valence-corrected chi connectivity index (χ2v) is 8.04. The molecule has 27 heavy (non-hydrogen) atoms. The van der Waals surface area contributed by atoms with Crippen molar-refractivity contribution in [1.29, 1.82) is 0 Å². The number of carbonyl (C=O) groups is 2. The number of rotatable bonds is 6. The molecule has 0 bridgehead atoms. The molecule has 2 aliphatic rings. The zero-order chi connectivity index (χ0) is 19.4. The normalized spacial score (nSPS) is 21.3. The van der Waals surface area contributed by atoms with E-state index < -0.39 is 0 Å². The molecule has 0 aliphatic carbocycles. The van der Waals surface area contributed by atoms with Crippen LogP contribution in [0.5, 0.6) is 0 Å². The monoisotopic (exact) mass is 375 g/mol. The molecule has 6 heteroatoms. The Kier molecular flexibility index (Phi) is 6.47. The quantitative estimate of drug-likeness (QED) is 0.765. The molecular weight excluding hydrogens is 345 g/mol. The Balaban J connectivity index is 1.47. The third-order valence-electron chi connectivity index (χ3n) is 5.60. The molecule has 5 nitrogen and oxygen atoms in total. The zero-order valence-electron chi connectivity index (χ0n) is 16.4. The van der Waals surface area contributed by atoms with Crippen molar-refractivity contribution in [3.8, 4) is 0 Å². The molecule has 2 aliphatic heterocycles. The van der Waals surface area contributed by atoms with Crippen molar-refractivity contribution in [1.82, 2.24) is 14.7 Å². The number of hydrogen-bond donors (Lipinski definition) is 0. The molecule has 1 atom stereocenters. The maximum atomic E-state index is 13.3. The van der Waals surface area contributed by atoms with Gasteiger partial charge >= 0.3 is 0 Å². The van der Waals surface area contributed by atoms with Gasteiger partial charge in [-0.1, -0.05) is 26.0 Å². The Hall–Kier alpha value is -1.95. The summed E-state index contributed by atoms with van der Waals surface area (Å²) in [5, 5.41) is 0. The Bertz CT molecular complexity index is 671. The van der Waals surface area contributed by atoms with Gasteiger partial charge in [-0.15, -0.1) is 0 Å². The predicted molar refractivity (Wildman–Crippen MR) is 103 cm³/mol. The summed E-state index contributed by atoms with van der Waals surface area (Å²) in [5.41, 5.74) is 0.703. The van der Waals surface area contributed by atoms with Gasteiger partial charge < -0.3 is 9.80 Å². The van der Waals surface area contributed by atoms with Crippen LogP contribution < -0.4 is 0 Å². The van der Waals surface area contributed by atoms with Gasteiger partial charge in [0.05, 0.1) is 12.5 Å². The summed E-state index contributed by atoms with van der Waals surface area (Å²) in [6.45, 7) is 8.75. The molecule has 1 aromatic rings. The van der Waals surface area contributed by atoms with Crippen LogP contribution in [0.2, 0.25) is 0 Å². The first-order chi connectivity index (χ1) is 12.9. The van der Waals surface area contributed by atoms with Gasteiger partial charge in [-0.2, -0.15) is 0 Å². The number of halogens is 1. The van der Waals surface area contributed by atoms with Gasteiger partial charge in [-0.3, -0.25) is 14.5 Å². The lowest BCUT2D eigenvalue weighted by Crippen LogP contribution is -2.54. The fourth-order valence-electron chi connectivity index (χ4n) is 3.91. The van der Waals surface area contributed by atoms with E-state index in [0.717, 1.165) is 39.0 Å². The van der Waals surface area contributed by atoms with Crippen molar-refractivity contribution >= 4 is 11.8 Å². The van der Waals surface area contributed by atoms with Gasteiger partial charge in [0.15, 0.2) is 0 Å². The number of piperazine rings is 1. The Morgan fingerprint density at radius 3 is 2.59 bits per heavy atom. The molecule has 3 rings (SSSR count). The smallest absolute Gasteiger partial charge is 0.239 e. The molecule has 2 saturated heterocycles. The third kappa shape index (κ3) is 5.06. The Morgan fingerprint density at radius 1 is 1.19 bits per heavy atom. The van der Waals surface area contributed by atoms with Gasteiger partial charge in [0.1, 0.15) is 5.82 Å². The summed E-state index contributed by atoms with van der Waals surface area (Å²) in [6, 6.07) is 6.18. The van der Waals surface area contributed by atoms with Crippen molar-refractivity contribution in [3.63, 3.8) is 0 Å². The highest BCUT2D eigenvalue weighted by molar-refractivity contribution is 5.84. The van der Waals surface area contributed by atoms with Crippen LogP contribution in [0.25, 0.3) is 0 Å². The van der Waals surface area contributed by atoms with E-state index in [0.29, 0.717) is 24.6 Å². The molecule has 1 aromatic carbocycles. The molecule has 148 valence electrons. The second kappa shape index (κ2) is 8.83. The fraction of sp³-hybridized carbons (Fsp3) is 0.619. The number of carbonyl (C=O) groups excluding carboxylic acids is 2. The molecular formula is C21H30FN3O2. The summed E-state index contributed by atoms with van der Waals surface area (Å²) in [4.78, 5) is 31.2. The van der Waals surface area contributed by atoms with E-state index in [1.807, 2.05) is 9.80 Å². The van der Waals surface area contributed by atoms with Crippen LogP contribution in [0.3, 0.4) is 0 Å². The Labute approximate surface area is 161 Å². The minimum atomic E-state index is -0.313. The molecule has 1 unspecified atom stereocenters. The van der Waals surface area contributed by atoms with E-state index in [1.54, 1.807) is 12.1 Å². The highest BCUT2D eigenvalue weighted by Gasteiger charge is 2.37. The van der Waals surface area contributed by atoms with E-state index in [2.05, 4.69) is 18.7 Å². The zero-order valence-corrected chi connectivity index (χ0v) is 16.4. The first-order valence-electron chi connectivity index (χ1n) is 9.99. The van der Waals surface area contributed by atoms with Crippen LogP contribution in [-0.2, 0) is 16.0 Å². The minimum absolute atomic E-state index is 0.0246. The summed E-state index contributed by atoms with van der Waals surface area (Å²) < 4.78 is 13.3. The van der Waals surface area contributed by atoms with E-state index in [1.165, 1.54) is 12.1 Å². The van der Waals surface area contributed by atoms with E-state index in [4.69, 9.17) is 0 Å². The highest BCUT2D eigenvalue weighted by Crippen LogP contribution is 2.20. The fourth-order valence-corrected chi connectivity index (χ4v) is 3.91. The van der Waals surface area contributed by atoms with E-state index in [-0.39, 0.29) is 30.1 Å². The average molecular weight is 375 g/mol. The highest BCUT2D eigenvalue weighted by atomic mass is 19.1. The van der Waals surface area contributed by atoms with Gasteiger partial charge in [0, 0.05) is 39.3 Å². The summed E-state index contributed by atoms with van der Waals surface area (Å²) in [7, 11) is 0. The number of likely N-dealkylation sites (tertiary alicyclic amines) is 1. The summed E-state index contributed by atoms with van der Waals surface area (Å²) >= 11 is 0. The van der Waals surface area contributed by atoms with Crippen molar-refractivity contribution in [2.24, 2.45) is 5.92 Å². The maximum Gasteiger partial charge on any atom is 0.239 e.